The summed E-state index contributed by atoms with van der Waals surface area (Å²) in [6, 6.07) is 0. The van der Waals surface area contributed by atoms with Gasteiger partial charge in [0, 0.05) is 0 Å². The molecule has 0 aliphatic carbocycles. The van der Waals surface area contributed by atoms with Crippen LogP contribution in [-0.4, -0.2) is 40.8 Å². The Labute approximate surface area is 95.3 Å². The Balaban J connectivity index is 2.17. The van der Waals surface area contributed by atoms with E-state index in [9.17, 15) is 0 Å². The van der Waals surface area contributed by atoms with Gasteiger partial charge >= 0.3 is 95.2 Å². The molecule has 0 aromatic carbocycles. The SMILES string of the molecule is CC(C)CN1C[CH2][Ga]([CH2]C(C)C)[CH2]C1. The van der Waals surface area contributed by atoms with Crippen LogP contribution in [0, 0.1) is 11.8 Å². The molecule has 2 heteroatoms. The number of nitrogens with zero attached hydrogens (tertiary/aromatic N) is 1. The summed E-state index contributed by atoms with van der Waals surface area (Å²) in [5.41, 5.74) is 0. The second-order valence-electron chi connectivity index (χ2n) is 5.77. The van der Waals surface area contributed by atoms with Gasteiger partial charge in [-0.1, -0.05) is 0 Å². The van der Waals surface area contributed by atoms with Gasteiger partial charge in [0.2, 0.25) is 0 Å². The van der Waals surface area contributed by atoms with Crippen molar-refractivity contribution in [2.24, 2.45) is 11.8 Å². The minimum atomic E-state index is -0.772. The Morgan fingerprint density at radius 2 is 1.57 bits per heavy atom. The maximum atomic E-state index is 2.69. The van der Waals surface area contributed by atoms with E-state index in [2.05, 4.69) is 32.6 Å². The number of rotatable bonds is 4. The van der Waals surface area contributed by atoms with Crippen molar-refractivity contribution in [1.29, 1.82) is 0 Å². The van der Waals surface area contributed by atoms with Crippen molar-refractivity contribution >= 4 is 16.2 Å². The summed E-state index contributed by atoms with van der Waals surface area (Å²) >= 11 is -0.772. The molecule has 0 bridgehead atoms. The van der Waals surface area contributed by atoms with Crippen LogP contribution < -0.4 is 0 Å². The molecule has 1 aliphatic rings. The summed E-state index contributed by atoms with van der Waals surface area (Å²) in [5.74, 6) is 1.82. The zero-order chi connectivity index (χ0) is 10.6. The second kappa shape index (κ2) is 6.24. The first kappa shape index (κ1) is 12.7. The Morgan fingerprint density at radius 3 is 2.00 bits per heavy atom. The molecule has 0 amide bonds. The normalized spacial score (nSPS) is 19.7. The molecule has 0 aromatic rings. The molecule has 1 aliphatic heterocycles. The Hall–Kier alpha value is 0.596. The van der Waals surface area contributed by atoms with Crippen molar-refractivity contribution in [2.75, 3.05) is 19.6 Å². The van der Waals surface area contributed by atoms with Gasteiger partial charge in [0.05, 0.1) is 0 Å². The third-order valence-corrected chi connectivity index (χ3v) is 11.0. The molecule has 1 fully saturated rings. The van der Waals surface area contributed by atoms with Gasteiger partial charge in [-0.2, -0.15) is 0 Å². The van der Waals surface area contributed by atoms with Crippen molar-refractivity contribution in [2.45, 2.75) is 42.6 Å². The number of hydrogen-bond acceptors (Lipinski definition) is 1. The molecule has 0 unspecified atom stereocenters. The van der Waals surface area contributed by atoms with E-state index in [4.69, 9.17) is 0 Å². The molecule has 14 heavy (non-hydrogen) atoms. The molecule has 0 aromatic heterocycles. The van der Waals surface area contributed by atoms with Crippen LogP contribution in [0.5, 0.6) is 0 Å². The van der Waals surface area contributed by atoms with E-state index in [0.29, 0.717) is 0 Å². The van der Waals surface area contributed by atoms with Crippen molar-refractivity contribution in [3.8, 4) is 0 Å². The summed E-state index contributed by atoms with van der Waals surface area (Å²) in [6.07, 6.45) is 0. The van der Waals surface area contributed by atoms with Crippen molar-refractivity contribution in [3.05, 3.63) is 0 Å². The molecular weight excluding hydrogens is 228 g/mol. The van der Waals surface area contributed by atoms with E-state index < -0.39 is 16.2 Å². The topological polar surface area (TPSA) is 3.24 Å². The maximum absolute atomic E-state index is 2.69. The average molecular weight is 254 g/mol. The van der Waals surface area contributed by atoms with E-state index in [-0.39, 0.29) is 0 Å². The molecule has 82 valence electrons. The summed E-state index contributed by atoms with van der Waals surface area (Å²) in [4.78, 5) is 7.56. The van der Waals surface area contributed by atoms with Gasteiger partial charge in [0.25, 0.3) is 0 Å². The monoisotopic (exact) mass is 253 g/mol. The third kappa shape index (κ3) is 4.90. The van der Waals surface area contributed by atoms with Gasteiger partial charge < -0.3 is 0 Å². The molecule has 0 spiro atoms. The van der Waals surface area contributed by atoms with Gasteiger partial charge in [0.1, 0.15) is 0 Å². The van der Waals surface area contributed by atoms with Gasteiger partial charge in [-0.3, -0.25) is 0 Å². The average Bonchev–Trinajstić information content (AvgIpc) is 2.06. The summed E-state index contributed by atoms with van der Waals surface area (Å²) in [7, 11) is 0. The van der Waals surface area contributed by atoms with Gasteiger partial charge in [-0.15, -0.1) is 0 Å². The first-order chi connectivity index (χ1) is 6.58. The Morgan fingerprint density at radius 1 is 1.00 bits per heavy atom. The van der Waals surface area contributed by atoms with Crippen LogP contribution in [0.15, 0.2) is 0 Å². The summed E-state index contributed by atoms with van der Waals surface area (Å²) in [5, 5.41) is 0. The Kier molecular flexibility index (Phi) is 5.64. The second-order valence-corrected chi connectivity index (χ2v) is 12.8. The zero-order valence-corrected chi connectivity index (χ0v) is 12.8. The molecule has 1 saturated heterocycles. The summed E-state index contributed by atoms with van der Waals surface area (Å²) in [6.45, 7) is 13.6. The van der Waals surface area contributed by atoms with Crippen LogP contribution in [0.3, 0.4) is 0 Å². The first-order valence-corrected chi connectivity index (χ1v) is 11.4. The standard InChI is InChI=1S/C8H17N.C4H9.Ga/c1-5-9(6-2)7-8(3)4;1-4(2)3;/h8H,1-2,5-7H2,3-4H3;4H,1H2,2-3H3;. The molecule has 1 rings (SSSR count). The van der Waals surface area contributed by atoms with Crippen molar-refractivity contribution in [3.63, 3.8) is 0 Å². The van der Waals surface area contributed by atoms with Gasteiger partial charge in [0.15, 0.2) is 0 Å². The van der Waals surface area contributed by atoms with Crippen LogP contribution in [0.2, 0.25) is 14.9 Å². The molecule has 0 radical (unpaired) electrons. The van der Waals surface area contributed by atoms with Crippen LogP contribution in [0.1, 0.15) is 27.7 Å². The van der Waals surface area contributed by atoms with Crippen molar-refractivity contribution in [1.82, 2.24) is 4.90 Å². The van der Waals surface area contributed by atoms with E-state index in [1.165, 1.54) is 19.6 Å². The van der Waals surface area contributed by atoms with Gasteiger partial charge in [-0.05, 0) is 0 Å². The third-order valence-electron chi connectivity index (χ3n) is 3.14. The van der Waals surface area contributed by atoms with Crippen LogP contribution >= 0.6 is 0 Å². The molecular formula is C12H26GaN. The summed E-state index contributed by atoms with van der Waals surface area (Å²) < 4.78 is 0. The van der Waals surface area contributed by atoms with E-state index in [1.807, 2.05) is 0 Å². The fourth-order valence-electron chi connectivity index (χ4n) is 2.59. The predicted octanol–water partition coefficient (Wildman–Crippen LogP) is 3.11. The predicted molar refractivity (Wildman–Crippen MR) is 66.3 cm³/mol. The number of hydrogen-bond donors (Lipinski definition) is 0. The van der Waals surface area contributed by atoms with Crippen molar-refractivity contribution < 1.29 is 0 Å². The Bertz CT molecular complexity index is 130. The quantitative estimate of drug-likeness (QED) is 0.697. The molecule has 0 N–H and O–H groups in total. The zero-order valence-electron chi connectivity index (χ0n) is 10.4. The van der Waals surface area contributed by atoms with Crippen LogP contribution in [-0.2, 0) is 0 Å². The van der Waals surface area contributed by atoms with E-state index in [1.54, 1.807) is 14.9 Å². The molecule has 1 nitrogen and oxygen atoms in total. The van der Waals surface area contributed by atoms with E-state index >= 15 is 0 Å². The molecule has 0 atom stereocenters. The first-order valence-electron chi connectivity index (χ1n) is 6.30. The fraction of sp³-hybridized carbons (Fsp3) is 1.00. The molecule has 1 heterocycles. The van der Waals surface area contributed by atoms with Crippen LogP contribution in [0.25, 0.3) is 0 Å². The van der Waals surface area contributed by atoms with Crippen LogP contribution in [0.4, 0.5) is 0 Å². The molecule has 0 saturated carbocycles. The van der Waals surface area contributed by atoms with Gasteiger partial charge in [-0.25, -0.2) is 0 Å². The minimum absolute atomic E-state index is 0.772. The van der Waals surface area contributed by atoms with E-state index in [0.717, 1.165) is 11.8 Å². The fourth-order valence-corrected chi connectivity index (χ4v) is 10.0.